The number of hydrogen-bond donors (Lipinski definition) is 10. The predicted molar refractivity (Wildman–Crippen MR) is 191 cm³/mol. The molecule has 0 radical (unpaired) electrons. The number of aromatic nitrogens is 1. The predicted octanol–water partition coefficient (Wildman–Crippen LogP) is -0.278. The molecule has 292 valence electrons. The Morgan fingerprint density at radius 3 is 1.92 bits per heavy atom. The Morgan fingerprint density at radius 1 is 0.736 bits per heavy atom. The van der Waals surface area contributed by atoms with E-state index in [1.165, 1.54) is 0 Å². The molecule has 0 saturated carbocycles. The molecule has 0 fully saturated rings. The van der Waals surface area contributed by atoms with E-state index in [0.717, 1.165) is 56.4 Å². The molecule has 53 heavy (non-hydrogen) atoms. The number of nitrogens with two attached hydrogens (primary N) is 1. The summed E-state index contributed by atoms with van der Waals surface area (Å²) in [6.07, 6.45) is 5.24. The molecule has 0 aliphatic carbocycles. The van der Waals surface area contributed by atoms with Gasteiger partial charge in [-0.3, -0.25) is 38.4 Å². The van der Waals surface area contributed by atoms with E-state index in [9.17, 15) is 48.6 Å². The third-order valence-corrected chi connectivity index (χ3v) is 8.28. The van der Waals surface area contributed by atoms with Crippen molar-refractivity contribution in [2.45, 2.75) is 115 Å². The number of amides is 6. The van der Waals surface area contributed by atoms with E-state index >= 15 is 0 Å². The monoisotopic (exact) mass is 745 g/mol. The second-order valence-electron chi connectivity index (χ2n) is 12.8. The van der Waals surface area contributed by atoms with Crippen LogP contribution in [0.3, 0.4) is 0 Å². The Bertz CT molecular complexity index is 1590. The standard InChI is InChI=1S/C35H51N7O11/c1-3-4-5-6-7-8-9-14-28(45)39-24(15-21-18-37-23-13-11-10-12-22(21)23)32(50)40-25(16-27(36)44)33(51)41-26(17-29(46)47)34(52)42-31(20(2)43)35(53)38-19-30(48)49/h10-13,18,20,24-26,31,37,43H,3-9,14-17,19H2,1-2H3,(H2,36,44)(H,38,53)(H,39,45)(H,40,50)(H,41,51)(H,42,52)(H,46,47)(H,48,49)/t20-,24+,25+,26+,31+/m1/s1. The number of unbranched alkanes of at least 4 members (excludes halogenated alkanes) is 6. The number of carboxylic acid groups (broad SMARTS) is 2. The van der Waals surface area contributed by atoms with Crippen molar-refractivity contribution in [1.29, 1.82) is 0 Å². The Kier molecular flexibility index (Phi) is 18.5. The van der Waals surface area contributed by atoms with Crippen LogP contribution in [-0.2, 0) is 44.8 Å². The van der Waals surface area contributed by atoms with E-state index in [-0.39, 0.29) is 12.8 Å². The van der Waals surface area contributed by atoms with Crippen LogP contribution in [0.25, 0.3) is 10.9 Å². The largest absolute Gasteiger partial charge is 0.481 e. The number of carbonyl (C=O) groups excluding carboxylic acids is 6. The van der Waals surface area contributed by atoms with Crippen molar-refractivity contribution in [3.8, 4) is 0 Å². The first-order chi connectivity index (χ1) is 25.1. The maximum atomic E-state index is 13.8. The number of rotatable bonds is 25. The highest BCUT2D eigenvalue weighted by molar-refractivity contribution is 5.98. The quantitative estimate of drug-likeness (QED) is 0.0590. The summed E-state index contributed by atoms with van der Waals surface area (Å²) in [4.78, 5) is 103. The number of fused-ring (bicyclic) bond motifs is 1. The van der Waals surface area contributed by atoms with E-state index in [0.29, 0.717) is 12.0 Å². The molecule has 6 amide bonds. The third-order valence-electron chi connectivity index (χ3n) is 8.28. The van der Waals surface area contributed by atoms with Crippen LogP contribution in [0.1, 0.15) is 83.6 Å². The molecule has 0 unspecified atom stereocenters. The minimum atomic E-state index is -1.90. The van der Waals surface area contributed by atoms with Crippen molar-refractivity contribution in [3.63, 3.8) is 0 Å². The highest BCUT2D eigenvalue weighted by Gasteiger charge is 2.34. The van der Waals surface area contributed by atoms with Crippen molar-refractivity contribution in [2.75, 3.05) is 6.54 Å². The lowest BCUT2D eigenvalue weighted by Gasteiger charge is -2.26. The van der Waals surface area contributed by atoms with Gasteiger partial charge in [0, 0.05) is 29.9 Å². The number of aliphatic hydroxyl groups excluding tert-OH is 1. The number of hydrogen-bond acceptors (Lipinski definition) is 9. The first kappa shape index (κ1) is 43.6. The van der Waals surface area contributed by atoms with Gasteiger partial charge in [0.05, 0.1) is 18.9 Å². The second-order valence-corrected chi connectivity index (χ2v) is 12.8. The average molecular weight is 746 g/mol. The summed E-state index contributed by atoms with van der Waals surface area (Å²) < 4.78 is 0. The molecule has 11 N–H and O–H groups in total. The minimum Gasteiger partial charge on any atom is -0.481 e. The zero-order valence-corrected chi connectivity index (χ0v) is 29.9. The van der Waals surface area contributed by atoms with Crippen molar-refractivity contribution < 1.29 is 53.7 Å². The van der Waals surface area contributed by atoms with Crippen LogP contribution in [0.15, 0.2) is 30.5 Å². The van der Waals surface area contributed by atoms with E-state index in [1.807, 2.05) is 23.5 Å². The van der Waals surface area contributed by atoms with Gasteiger partial charge in [0.25, 0.3) is 0 Å². The molecule has 1 aromatic carbocycles. The molecule has 1 aromatic heterocycles. The number of para-hydroxylation sites is 1. The molecule has 0 aliphatic heterocycles. The van der Waals surface area contributed by atoms with Gasteiger partial charge >= 0.3 is 11.9 Å². The lowest BCUT2D eigenvalue weighted by molar-refractivity contribution is -0.142. The summed E-state index contributed by atoms with van der Waals surface area (Å²) in [5, 5.41) is 40.4. The fourth-order valence-corrected chi connectivity index (χ4v) is 5.51. The smallest absolute Gasteiger partial charge is 0.322 e. The molecule has 0 saturated heterocycles. The molecule has 18 nitrogen and oxygen atoms in total. The van der Waals surface area contributed by atoms with Gasteiger partial charge in [0.2, 0.25) is 35.4 Å². The molecule has 0 bridgehead atoms. The summed E-state index contributed by atoms with van der Waals surface area (Å²) in [7, 11) is 0. The van der Waals surface area contributed by atoms with Gasteiger partial charge in [0.15, 0.2) is 0 Å². The third kappa shape index (κ3) is 15.7. The number of aromatic amines is 1. The maximum absolute atomic E-state index is 13.8. The maximum Gasteiger partial charge on any atom is 0.322 e. The van der Waals surface area contributed by atoms with Crippen LogP contribution in [-0.4, -0.2) is 105 Å². The second kappa shape index (κ2) is 22.4. The number of primary amides is 1. The fourth-order valence-electron chi connectivity index (χ4n) is 5.51. The van der Waals surface area contributed by atoms with Gasteiger partial charge in [-0.2, -0.15) is 0 Å². The van der Waals surface area contributed by atoms with Gasteiger partial charge in [-0.15, -0.1) is 0 Å². The van der Waals surface area contributed by atoms with Crippen LogP contribution >= 0.6 is 0 Å². The first-order valence-corrected chi connectivity index (χ1v) is 17.6. The van der Waals surface area contributed by atoms with E-state index in [4.69, 9.17) is 10.8 Å². The number of benzene rings is 1. The zero-order chi connectivity index (χ0) is 39.5. The molecule has 1 heterocycles. The van der Waals surface area contributed by atoms with Crippen LogP contribution in [0.5, 0.6) is 0 Å². The molecule has 0 aliphatic rings. The Labute approximate surface area is 306 Å². The van der Waals surface area contributed by atoms with E-state index < -0.39 is 97.0 Å². The van der Waals surface area contributed by atoms with Crippen molar-refractivity contribution in [3.05, 3.63) is 36.0 Å². The van der Waals surface area contributed by atoms with Crippen molar-refractivity contribution in [2.24, 2.45) is 5.73 Å². The first-order valence-electron chi connectivity index (χ1n) is 17.6. The summed E-state index contributed by atoms with van der Waals surface area (Å²) >= 11 is 0. The van der Waals surface area contributed by atoms with Crippen molar-refractivity contribution in [1.82, 2.24) is 31.6 Å². The molecule has 18 heteroatoms. The lowest BCUT2D eigenvalue weighted by Crippen LogP contribution is -2.60. The van der Waals surface area contributed by atoms with Gasteiger partial charge in [-0.1, -0.05) is 63.6 Å². The minimum absolute atomic E-state index is 0.0156. The number of aliphatic carboxylic acids is 2. The van der Waals surface area contributed by atoms with Crippen molar-refractivity contribution >= 4 is 58.3 Å². The Balaban J connectivity index is 2.26. The summed E-state index contributed by atoms with van der Waals surface area (Å²) in [5.74, 6) is -8.84. The summed E-state index contributed by atoms with van der Waals surface area (Å²) in [6.45, 7) is 2.38. The van der Waals surface area contributed by atoms with E-state index in [1.54, 1.807) is 12.3 Å². The van der Waals surface area contributed by atoms with Gasteiger partial charge in [-0.05, 0) is 25.0 Å². The van der Waals surface area contributed by atoms with Crippen LogP contribution < -0.4 is 32.3 Å². The number of carboxylic acids is 2. The molecule has 5 atom stereocenters. The fraction of sp³-hybridized carbons (Fsp3) is 0.543. The zero-order valence-electron chi connectivity index (χ0n) is 29.9. The lowest BCUT2D eigenvalue weighted by atomic mass is 10.0. The molecular formula is C35H51N7O11. The highest BCUT2D eigenvalue weighted by atomic mass is 16.4. The number of nitrogens with one attached hydrogen (secondary N) is 6. The number of aliphatic hydroxyl groups is 1. The van der Waals surface area contributed by atoms with Crippen LogP contribution in [0.2, 0.25) is 0 Å². The average Bonchev–Trinajstić information content (AvgIpc) is 3.50. The van der Waals surface area contributed by atoms with Gasteiger partial charge < -0.3 is 52.6 Å². The van der Waals surface area contributed by atoms with E-state index in [2.05, 4.69) is 33.2 Å². The summed E-state index contributed by atoms with van der Waals surface area (Å²) in [6, 6.07) is 0.665. The Morgan fingerprint density at radius 2 is 1.32 bits per heavy atom. The topological polar surface area (TPSA) is 299 Å². The molecule has 2 rings (SSSR count). The highest BCUT2D eigenvalue weighted by Crippen LogP contribution is 2.19. The van der Waals surface area contributed by atoms with Gasteiger partial charge in [0.1, 0.15) is 30.7 Å². The normalized spacial score (nSPS) is 13.8. The van der Waals surface area contributed by atoms with Crippen LogP contribution in [0.4, 0.5) is 0 Å². The number of carbonyl (C=O) groups is 8. The van der Waals surface area contributed by atoms with Crippen LogP contribution in [0, 0.1) is 0 Å². The molecular weight excluding hydrogens is 694 g/mol. The molecule has 0 spiro atoms. The Hall–Kier alpha value is -5.52. The SMILES string of the molecule is CCCCCCCCCC(=O)N[C@@H](Cc1c[nH]c2ccccc12)C(=O)N[C@@H](CC(N)=O)C(=O)N[C@@H](CC(=O)O)C(=O)N[C@H](C(=O)NCC(=O)O)[C@@H](C)O. The molecule has 2 aromatic rings. The van der Waals surface area contributed by atoms with Gasteiger partial charge in [-0.25, -0.2) is 0 Å². The number of H-pyrrole nitrogens is 1. The summed E-state index contributed by atoms with van der Waals surface area (Å²) in [5.41, 5.74) is 6.82.